The number of amides is 4. The Morgan fingerprint density at radius 1 is 1.02 bits per heavy atom. The van der Waals surface area contributed by atoms with Gasteiger partial charge in [-0.3, -0.25) is 9.59 Å². The summed E-state index contributed by atoms with van der Waals surface area (Å²) in [5.41, 5.74) is 2.28. The smallest absolute Gasteiger partial charge is 0.321 e. The van der Waals surface area contributed by atoms with E-state index in [0.717, 1.165) is 24.8 Å². The van der Waals surface area contributed by atoms with Gasteiger partial charge in [-0.15, -0.1) is 0 Å². The molecule has 3 aromatic carbocycles. The van der Waals surface area contributed by atoms with Crippen molar-refractivity contribution in [3.05, 3.63) is 83.9 Å². The van der Waals surface area contributed by atoms with E-state index < -0.39 is 12.1 Å². The number of methoxy groups -OCH3 is 1. The Balaban J connectivity index is 1.56. The number of aliphatic hydroxyl groups is 1. The van der Waals surface area contributed by atoms with Crippen LogP contribution in [0.2, 0.25) is 0 Å². The van der Waals surface area contributed by atoms with Crippen molar-refractivity contribution in [3.63, 3.8) is 0 Å². The molecular formula is C38H50N4O7. The highest BCUT2D eigenvalue weighted by atomic mass is 16.5. The average Bonchev–Trinajstić information content (AvgIpc) is 3.10. The first-order valence-corrected chi connectivity index (χ1v) is 16.9. The average molecular weight is 675 g/mol. The SMILES string of the molecule is COc1ccc(NC(=O)N(C)C[C@@H]2OCCCC[C@H](C)Oc3ccc(NC(=O)Cc4ccccc4)cc3C(=O)N([C@@H](C)CO)C[C@@H]2C)cc1. The van der Waals surface area contributed by atoms with Gasteiger partial charge in [0.1, 0.15) is 11.5 Å². The van der Waals surface area contributed by atoms with Crippen molar-refractivity contribution in [2.24, 2.45) is 5.92 Å². The largest absolute Gasteiger partial charge is 0.497 e. The van der Waals surface area contributed by atoms with Gasteiger partial charge in [0.15, 0.2) is 0 Å². The molecule has 4 rings (SSSR count). The summed E-state index contributed by atoms with van der Waals surface area (Å²) in [5, 5.41) is 16.1. The maximum atomic E-state index is 14.4. The van der Waals surface area contributed by atoms with Crippen molar-refractivity contribution >= 4 is 29.2 Å². The molecule has 3 N–H and O–H groups in total. The van der Waals surface area contributed by atoms with Gasteiger partial charge in [0.2, 0.25) is 5.91 Å². The molecule has 3 aromatic rings. The molecule has 1 heterocycles. The molecule has 49 heavy (non-hydrogen) atoms. The molecule has 0 saturated heterocycles. The number of carbonyl (C=O) groups excluding carboxylic acids is 3. The predicted molar refractivity (Wildman–Crippen MR) is 190 cm³/mol. The van der Waals surface area contributed by atoms with Crippen LogP contribution < -0.4 is 20.1 Å². The third-order valence-corrected chi connectivity index (χ3v) is 8.68. The third kappa shape index (κ3) is 11.0. The molecule has 0 radical (unpaired) electrons. The molecule has 11 heteroatoms. The first-order chi connectivity index (χ1) is 23.6. The lowest BCUT2D eigenvalue weighted by Crippen LogP contribution is -2.48. The summed E-state index contributed by atoms with van der Waals surface area (Å²) < 4.78 is 17.9. The molecule has 264 valence electrons. The van der Waals surface area contributed by atoms with Gasteiger partial charge in [-0.1, -0.05) is 37.3 Å². The zero-order valence-corrected chi connectivity index (χ0v) is 29.2. The lowest BCUT2D eigenvalue weighted by Gasteiger charge is -2.35. The number of anilines is 2. The minimum atomic E-state index is -0.527. The highest BCUT2D eigenvalue weighted by molar-refractivity contribution is 6.00. The topological polar surface area (TPSA) is 130 Å². The van der Waals surface area contributed by atoms with E-state index in [-0.39, 0.29) is 56.0 Å². The van der Waals surface area contributed by atoms with E-state index in [1.54, 1.807) is 73.3 Å². The van der Waals surface area contributed by atoms with E-state index in [1.807, 2.05) is 44.2 Å². The van der Waals surface area contributed by atoms with Gasteiger partial charge < -0.3 is 39.8 Å². The number of rotatable bonds is 9. The van der Waals surface area contributed by atoms with Gasteiger partial charge in [-0.05, 0) is 81.1 Å². The number of hydrogen-bond donors (Lipinski definition) is 3. The van der Waals surface area contributed by atoms with E-state index in [1.165, 1.54) is 0 Å². The molecule has 0 aliphatic carbocycles. The number of likely N-dealkylation sites (N-methyl/N-ethyl adjacent to an activating group) is 1. The van der Waals surface area contributed by atoms with Crippen LogP contribution in [0.1, 0.15) is 56.0 Å². The number of ether oxygens (including phenoxy) is 3. The maximum Gasteiger partial charge on any atom is 0.321 e. The molecule has 0 fully saturated rings. The Bertz CT molecular complexity index is 1520. The van der Waals surface area contributed by atoms with Gasteiger partial charge in [0, 0.05) is 44.0 Å². The fraction of sp³-hybridized carbons (Fsp3) is 0.447. The number of hydrogen-bond acceptors (Lipinski definition) is 7. The Morgan fingerprint density at radius 3 is 2.43 bits per heavy atom. The highest BCUT2D eigenvalue weighted by Gasteiger charge is 2.31. The second-order valence-electron chi connectivity index (χ2n) is 12.8. The van der Waals surface area contributed by atoms with E-state index in [2.05, 4.69) is 10.6 Å². The molecular weight excluding hydrogens is 624 g/mol. The number of fused-ring (bicyclic) bond motifs is 1. The van der Waals surface area contributed by atoms with Crippen LogP contribution in [-0.4, -0.2) is 91.5 Å². The van der Waals surface area contributed by atoms with E-state index in [4.69, 9.17) is 14.2 Å². The zero-order chi connectivity index (χ0) is 35.3. The van der Waals surface area contributed by atoms with Crippen LogP contribution in [0.3, 0.4) is 0 Å². The first-order valence-electron chi connectivity index (χ1n) is 16.9. The van der Waals surface area contributed by atoms with Crippen molar-refractivity contribution in [1.29, 1.82) is 0 Å². The lowest BCUT2D eigenvalue weighted by atomic mass is 10.0. The van der Waals surface area contributed by atoms with Gasteiger partial charge in [0.05, 0.1) is 44.0 Å². The van der Waals surface area contributed by atoms with Gasteiger partial charge in [-0.25, -0.2) is 4.79 Å². The first kappa shape index (κ1) is 37.2. The molecule has 11 nitrogen and oxygen atoms in total. The van der Waals surface area contributed by atoms with Crippen LogP contribution >= 0.6 is 0 Å². The normalized spacial score (nSPS) is 19.4. The Kier molecular flexibility index (Phi) is 13.8. The summed E-state index contributed by atoms with van der Waals surface area (Å²) in [5.74, 6) is 0.353. The Labute approximate surface area is 289 Å². The Hall–Kier alpha value is -4.61. The highest BCUT2D eigenvalue weighted by Crippen LogP contribution is 2.29. The second kappa shape index (κ2) is 18.2. The van der Waals surface area contributed by atoms with Crippen LogP contribution in [-0.2, 0) is 16.0 Å². The van der Waals surface area contributed by atoms with E-state index >= 15 is 0 Å². The molecule has 0 aromatic heterocycles. The van der Waals surface area contributed by atoms with Crippen LogP contribution in [0.4, 0.5) is 16.2 Å². The minimum Gasteiger partial charge on any atom is -0.497 e. The molecule has 0 saturated carbocycles. The number of benzene rings is 3. The van der Waals surface area contributed by atoms with E-state index in [9.17, 15) is 19.5 Å². The summed E-state index contributed by atoms with van der Waals surface area (Å²) in [6.07, 6.45) is 2.01. The molecule has 0 spiro atoms. The predicted octanol–water partition coefficient (Wildman–Crippen LogP) is 5.84. The fourth-order valence-corrected chi connectivity index (χ4v) is 5.70. The monoisotopic (exact) mass is 674 g/mol. The van der Waals surface area contributed by atoms with Crippen LogP contribution in [0, 0.1) is 5.92 Å². The summed E-state index contributed by atoms with van der Waals surface area (Å²) in [6, 6.07) is 20.8. The number of nitrogens with zero attached hydrogens (tertiary/aromatic N) is 2. The quantitative estimate of drug-likeness (QED) is 0.260. The van der Waals surface area contributed by atoms with Gasteiger partial charge in [0.25, 0.3) is 5.91 Å². The standard InChI is InChI=1S/C38H50N4O7/c1-26-23-42(27(2)25-43)37(45)33-22-31(39-36(44)21-29-12-7-6-8-13-29)16-19-34(33)49-28(3)11-9-10-20-48-35(26)24-41(4)38(46)40-30-14-17-32(47-5)18-15-30/h6-8,12-19,22,26-28,35,43H,9-11,20-21,23-25H2,1-5H3,(H,39,44)(H,40,46)/t26-,27-,28-,35-/m0/s1. The molecule has 4 atom stereocenters. The summed E-state index contributed by atoms with van der Waals surface area (Å²) in [6.45, 7) is 6.50. The third-order valence-electron chi connectivity index (χ3n) is 8.68. The fourth-order valence-electron chi connectivity index (χ4n) is 5.70. The van der Waals surface area contributed by atoms with Gasteiger partial charge in [-0.2, -0.15) is 0 Å². The van der Waals surface area contributed by atoms with Crippen molar-refractivity contribution in [2.75, 3.05) is 51.1 Å². The number of aliphatic hydroxyl groups excluding tert-OH is 1. The maximum absolute atomic E-state index is 14.4. The molecule has 4 amide bonds. The van der Waals surface area contributed by atoms with Gasteiger partial charge >= 0.3 is 6.03 Å². The van der Waals surface area contributed by atoms with Crippen molar-refractivity contribution in [2.45, 2.75) is 64.7 Å². The Morgan fingerprint density at radius 2 is 1.73 bits per heavy atom. The minimum absolute atomic E-state index is 0.181. The van der Waals surface area contributed by atoms with Crippen molar-refractivity contribution in [1.82, 2.24) is 9.80 Å². The molecule has 0 bridgehead atoms. The van der Waals surface area contributed by atoms with Crippen LogP contribution in [0.25, 0.3) is 0 Å². The molecule has 0 unspecified atom stereocenters. The second-order valence-corrected chi connectivity index (χ2v) is 12.8. The van der Waals surface area contributed by atoms with E-state index in [0.29, 0.717) is 35.0 Å². The number of nitrogens with one attached hydrogen (secondary N) is 2. The van der Waals surface area contributed by atoms with Crippen molar-refractivity contribution < 1.29 is 33.7 Å². The van der Waals surface area contributed by atoms with Crippen LogP contribution in [0.15, 0.2) is 72.8 Å². The summed E-state index contributed by atoms with van der Waals surface area (Å²) in [4.78, 5) is 43.6. The van der Waals surface area contributed by atoms with Crippen LogP contribution in [0.5, 0.6) is 11.5 Å². The lowest BCUT2D eigenvalue weighted by molar-refractivity contribution is -0.115. The molecule has 1 aliphatic heterocycles. The van der Waals surface area contributed by atoms with Crippen molar-refractivity contribution in [3.8, 4) is 11.5 Å². The molecule has 1 aliphatic rings. The summed E-state index contributed by atoms with van der Waals surface area (Å²) in [7, 11) is 3.30. The number of carbonyl (C=O) groups is 3. The summed E-state index contributed by atoms with van der Waals surface area (Å²) >= 11 is 0. The number of urea groups is 1. The zero-order valence-electron chi connectivity index (χ0n) is 29.2.